The number of carbonyl (C=O) groups is 7. The van der Waals surface area contributed by atoms with Crippen LogP contribution in [0.4, 0.5) is 5.82 Å². The smallest absolute Gasteiger partial charge is 0.305 e. The Labute approximate surface area is 352 Å². The molecule has 6 amide bonds. The molecule has 60 heavy (non-hydrogen) atoms. The van der Waals surface area contributed by atoms with Gasteiger partial charge in [-0.15, -0.1) is 0 Å². The highest BCUT2D eigenvalue weighted by molar-refractivity contribution is 7.80. The maximum atomic E-state index is 14.0. The molecule has 1 aromatic carbocycles. The third kappa shape index (κ3) is 17.9. The molecule has 1 aliphatic heterocycles. The van der Waals surface area contributed by atoms with Crippen molar-refractivity contribution in [2.75, 3.05) is 25.1 Å². The van der Waals surface area contributed by atoms with Crippen molar-refractivity contribution in [3.05, 3.63) is 59.8 Å². The fourth-order valence-electron chi connectivity index (χ4n) is 5.71. The number of aliphatic imine (C=N–C) groups is 1. The monoisotopic (exact) mass is 853 g/mol. The molecule has 1 fully saturated rings. The lowest BCUT2D eigenvalue weighted by molar-refractivity contribution is -0.141. The highest BCUT2D eigenvalue weighted by Crippen LogP contribution is 2.10. The topological polar surface area (TPSA) is 325 Å². The van der Waals surface area contributed by atoms with Crippen LogP contribution in [0.15, 0.2) is 53.7 Å². The van der Waals surface area contributed by atoms with Crippen LogP contribution < -0.4 is 59.5 Å². The first-order chi connectivity index (χ1) is 28.4. The van der Waals surface area contributed by atoms with Crippen LogP contribution in [-0.4, -0.2) is 112 Å². The Bertz CT molecular complexity index is 1850. The zero-order valence-electron chi connectivity index (χ0n) is 33.8. The minimum atomic E-state index is -1.61. The van der Waals surface area contributed by atoms with E-state index in [0.29, 0.717) is 34.9 Å². The Morgan fingerprint density at radius 3 is 2.12 bits per heavy atom. The molecule has 3 rings (SSSR count). The van der Waals surface area contributed by atoms with Crippen LogP contribution in [0.25, 0.3) is 0 Å². The largest absolute Gasteiger partial charge is 0.481 e. The van der Waals surface area contributed by atoms with E-state index >= 15 is 0 Å². The molecule has 1 saturated heterocycles. The number of nitrogens with one attached hydrogen (secondary N) is 9. The third-order valence-corrected chi connectivity index (χ3v) is 8.81. The number of thiocarbonyl (C=S) groups is 1. The van der Waals surface area contributed by atoms with E-state index in [1.54, 1.807) is 42.5 Å². The second-order valence-corrected chi connectivity index (χ2v) is 15.3. The first-order valence-corrected chi connectivity index (χ1v) is 19.7. The summed E-state index contributed by atoms with van der Waals surface area (Å²) in [6.45, 7) is 5.55. The molecule has 2 heterocycles. The van der Waals surface area contributed by atoms with Gasteiger partial charge in [0.2, 0.25) is 29.5 Å². The molecule has 0 aliphatic carbocycles. The van der Waals surface area contributed by atoms with Gasteiger partial charge in [-0.2, -0.15) is 0 Å². The van der Waals surface area contributed by atoms with Gasteiger partial charge in [-0.05, 0) is 82.8 Å². The molecule has 1 aromatic heterocycles. The molecule has 21 nitrogen and oxygen atoms in total. The summed E-state index contributed by atoms with van der Waals surface area (Å²) in [6, 6.07) is 6.46. The van der Waals surface area contributed by atoms with Gasteiger partial charge in [0.05, 0.1) is 18.5 Å². The van der Waals surface area contributed by atoms with Crippen LogP contribution in [0.5, 0.6) is 0 Å². The average Bonchev–Trinajstić information content (AvgIpc) is 3.18. The van der Waals surface area contributed by atoms with Crippen LogP contribution in [0.3, 0.4) is 0 Å². The van der Waals surface area contributed by atoms with Gasteiger partial charge in [0.15, 0.2) is 11.1 Å². The van der Waals surface area contributed by atoms with Crippen LogP contribution in [0.2, 0.25) is 0 Å². The molecule has 14 N–H and O–H groups in total. The molecule has 0 saturated carbocycles. The molecule has 0 bridgehead atoms. The fraction of sp³-hybridized carbons (Fsp3) is 0.474. The quantitative estimate of drug-likeness (QED) is 0.0298. The van der Waals surface area contributed by atoms with Gasteiger partial charge in [0, 0.05) is 31.2 Å². The zero-order valence-corrected chi connectivity index (χ0v) is 34.6. The molecule has 0 unspecified atom stereocenters. The van der Waals surface area contributed by atoms with Gasteiger partial charge >= 0.3 is 5.97 Å². The Morgan fingerprint density at radius 2 is 1.48 bits per heavy atom. The number of hydrogen-bond acceptors (Lipinski definition) is 11. The van der Waals surface area contributed by atoms with Gasteiger partial charge in [-0.1, -0.05) is 30.3 Å². The molecule has 326 valence electrons. The average molecular weight is 854 g/mol. The highest BCUT2D eigenvalue weighted by atomic mass is 32.1. The van der Waals surface area contributed by atoms with Crippen molar-refractivity contribution in [3.63, 3.8) is 0 Å². The Hall–Kier alpha value is -6.58. The van der Waals surface area contributed by atoms with Crippen LogP contribution in [0, 0.1) is 0 Å². The number of benzene rings is 1. The summed E-state index contributed by atoms with van der Waals surface area (Å²) in [4.78, 5) is 100. The predicted molar refractivity (Wildman–Crippen MR) is 226 cm³/mol. The van der Waals surface area contributed by atoms with E-state index in [1.165, 1.54) is 6.20 Å². The summed E-state index contributed by atoms with van der Waals surface area (Å²) < 4.78 is 0. The number of rotatable bonds is 16. The zero-order chi connectivity index (χ0) is 44.2. The Morgan fingerprint density at radius 1 is 0.850 bits per heavy atom. The number of nitrogens with two attached hydrogens (primary N) is 2. The summed E-state index contributed by atoms with van der Waals surface area (Å²) >= 11 is 5.24. The van der Waals surface area contributed by atoms with Gasteiger partial charge in [-0.3, -0.25) is 49.4 Å². The van der Waals surface area contributed by atoms with Crippen LogP contribution in [0.1, 0.15) is 75.2 Å². The Kier molecular flexibility index (Phi) is 18.9. The van der Waals surface area contributed by atoms with E-state index in [-0.39, 0.29) is 50.3 Å². The number of carboxylic acid groups (broad SMARTS) is 1. The number of pyridine rings is 1. The summed E-state index contributed by atoms with van der Waals surface area (Å²) in [5.74, 6) is -5.66. The molecule has 4 atom stereocenters. The maximum Gasteiger partial charge on any atom is 0.305 e. The lowest BCUT2D eigenvalue weighted by Crippen LogP contribution is -2.58. The number of anilines is 1. The van der Waals surface area contributed by atoms with Gasteiger partial charge in [0.1, 0.15) is 30.0 Å². The van der Waals surface area contributed by atoms with E-state index in [4.69, 9.17) is 23.7 Å². The van der Waals surface area contributed by atoms with Gasteiger partial charge in [0.25, 0.3) is 5.91 Å². The van der Waals surface area contributed by atoms with E-state index in [1.807, 2.05) is 20.8 Å². The number of carboxylic acids is 1. The second-order valence-electron chi connectivity index (χ2n) is 14.9. The number of aromatic nitrogens is 1. The normalized spacial score (nSPS) is 19.0. The number of nitrogens with zero attached hydrogens (tertiary/aromatic N) is 2. The molecule has 1 aliphatic rings. The number of hydrogen-bond donors (Lipinski definition) is 12. The number of guanidine groups is 1. The summed E-state index contributed by atoms with van der Waals surface area (Å²) in [7, 11) is 0. The number of amides is 6. The highest BCUT2D eigenvalue weighted by Gasteiger charge is 2.33. The van der Waals surface area contributed by atoms with Crippen LogP contribution in [-0.2, 0) is 35.2 Å². The van der Waals surface area contributed by atoms with Gasteiger partial charge in [-0.25, -0.2) is 4.98 Å². The van der Waals surface area contributed by atoms with Crippen molar-refractivity contribution in [1.82, 2.24) is 47.6 Å². The number of aliphatic carboxylic acids is 1. The van der Waals surface area contributed by atoms with Crippen molar-refractivity contribution >= 4 is 70.5 Å². The molecule has 0 spiro atoms. The molecule has 0 radical (unpaired) electrons. The number of hydrazine groups is 1. The van der Waals surface area contributed by atoms with Crippen molar-refractivity contribution in [2.45, 2.75) is 95.4 Å². The summed E-state index contributed by atoms with van der Waals surface area (Å²) in [6.07, 6.45) is 1.52. The molecular formula is C38H55N13O8S. The first-order valence-electron chi connectivity index (χ1n) is 19.3. The third-order valence-electron chi connectivity index (χ3n) is 8.60. The van der Waals surface area contributed by atoms with Crippen molar-refractivity contribution in [3.8, 4) is 0 Å². The summed E-state index contributed by atoms with van der Waals surface area (Å²) in [5, 5.41) is 28.3. The standard InChI is InChI=1S/C38H55N13O8S/c1-38(2,3)49-37(60)51-50-28-15-14-23(20-43-28)31(55)41-16-8-7-12-25-33(57)46-24(13-9-17-42-36(39)40)32(56)44-21-29(52)45-27(19-30(53)54)35(59)48-26(34(58)47-25)18-22-10-5-4-6-11-22/h4-6,10-11,14-15,20,24-27H,7-9,12-13,16-19,21H2,1-3H3,(H,41,55)(H,43,50)(H,44,56)(H,45,52)(H,46,57)(H,47,58)(H,48,59)(H,53,54)(H4,39,40,42)(H2,49,51,60)/t24-,25-,26+,27-/m0/s1. The number of carbonyl (C=O) groups excluding carboxylic acids is 6. The predicted octanol–water partition coefficient (Wildman–Crippen LogP) is -1.59. The van der Waals surface area contributed by atoms with E-state index < -0.39 is 78.5 Å². The van der Waals surface area contributed by atoms with Crippen molar-refractivity contribution in [1.29, 1.82) is 0 Å². The Balaban J connectivity index is 1.77. The first kappa shape index (κ1) is 47.8. The fourth-order valence-corrected chi connectivity index (χ4v) is 6.07. The van der Waals surface area contributed by atoms with Gasteiger partial charge < -0.3 is 53.8 Å². The minimum Gasteiger partial charge on any atom is -0.481 e. The SMILES string of the molecule is CC(C)(C)NC(=S)NNc1ccc(C(=O)NCCCC[C@@H]2NC(=O)[C@@H](Cc3ccccc3)NC(=O)[C@H](CC(=O)O)NC(=O)CNC(=O)[C@H](CCCN=C(N)N)NC2=O)cn1. The van der Waals surface area contributed by atoms with Crippen molar-refractivity contribution < 1.29 is 38.7 Å². The molecule has 22 heteroatoms. The molecule has 2 aromatic rings. The summed E-state index contributed by atoms with van der Waals surface area (Å²) in [5.41, 5.74) is 17.2. The van der Waals surface area contributed by atoms with E-state index in [0.717, 1.165) is 0 Å². The van der Waals surface area contributed by atoms with E-state index in [2.05, 4.69) is 58.0 Å². The van der Waals surface area contributed by atoms with E-state index in [9.17, 15) is 38.7 Å². The van der Waals surface area contributed by atoms with Crippen LogP contribution >= 0.6 is 12.2 Å². The lowest BCUT2D eigenvalue weighted by atomic mass is 10.0. The minimum absolute atomic E-state index is 0.0330. The molecular weight excluding hydrogens is 799 g/mol. The van der Waals surface area contributed by atoms with Crippen molar-refractivity contribution in [2.24, 2.45) is 16.5 Å². The number of unbranched alkanes of at least 4 members (excludes halogenated alkanes) is 1. The lowest BCUT2D eigenvalue weighted by Gasteiger charge is -2.26. The maximum absolute atomic E-state index is 14.0. The second kappa shape index (κ2) is 23.7.